The molecule has 1 nitrogen and oxygen atoms in total. The molecule has 0 spiro atoms. The Kier molecular flexibility index (Phi) is 6.83. The molecule has 0 atom stereocenters. The lowest BCUT2D eigenvalue weighted by molar-refractivity contribution is 1.16. The Morgan fingerprint density at radius 1 is 0.396 bits per heavy atom. The number of rotatable bonds is 5. The topological polar surface area (TPSA) is 12.9 Å². The van der Waals surface area contributed by atoms with Crippen LogP contribution < -0.4 is 0 Å². The van der Waals surface area contributed by atoms with Crippen LogP contribution in [0.4, 0.5) is 0 Å². The van der Waals surface area contributed by atoms with Crippen LogP contribution in [0.1, 0.15) is 12.5 Å². The van der Waals surface area contributed by atoms with Gasteiger partial charge in [0.1, 0.15) is 0 Å². The molecule has 0 aliphatic rings. The summed E-state index contributed by atoms with van der Waals surface area (Å²) in [7, 11) is 0. The zero-order valence-electron chi connectivity index (χ0n) is 26.8. The van der Waals surface area contributed by atoms with Crippen LogP contribution in [0.15, 0.2) is 170 Å². The first-order chi connectivity index (χ1) is 23.8. The molecule has 0 unspecified atom stereocenters. The number of benzene rings is 8. The fourth-order valence-corrected chi connectivity index (χ4v) is 7.53. The molecule has 1 heterocycles. The molecule has 1 heteroatoms. The molecule has 0 bridgehead atoms. The van der Waals surface area contributed by atoms with Crippen LogP contribution in [0.3, 0.4) is 0 Å². The van der Waals surface area contributed by atoms with Gasteiger partial charge in [-0.15, -0.1) is 0 Å². The fraction of sp³-hybridized carbons (Fsp3) is 0.0426. The maximum atomic E-state index is 4.87. The van der Waals surface area contributed by atoms with Gasteiger partial charge in [0.05, 0.1) is 5.69 Å². The summed E-state index contributed by atoms with van der Waals surface area (Å²) in [5.74, 6) is 0. The molecule has 0 saturated carbocycles. The fourth-order valence-electron chi connectivity index (χ4n) is 7.53. The van der Waals surface area contributed by atoms with Gasteiger partial charge in [-0.3, -0.25) is 4.98 Å². The molecule has 0 N–H and O–H groups in total. The number of pyridine rings is 1. The average Bonchev–Trinajstić information content (AvgIpc) is 3.16. The second-order valence-electron chi connectivity index (χ2n) is 12.6. The summed E-state index contributed by atoms with van der Waals surface area (Å²) in [5.41, 5.74) is 10.8. The molecule has 1 aromatic heterocycles. The van der Waals surface area contributed by atoms with Gasteiger partial charge in [0, 0.05) is 17.3 Å². The van der Waals surface area contributed by atoms with E-state index >= 15 is 0 Å². The van der Waals surface area contributed by atoms with Crippen molar-refractivity contribution < 1.29 is 0 Å². The van der Waals surface area contributed by atoms with Crippen LogP contribution >= 0.6 is 0 Å². The van der Waals surface area contributed by atoms with E-state index in [1.54, 1.807) is 0 Å². The summed E-state index contributed by atoms with van der Waals surface area (Å²) in [5, 5.41) is 10.2. The Bertz CT molecular complexity index is 2570. The van der Waals surface area contributed by atoms with E-state index in [0.29, 0.717) is 0 Å². The highest BCUT2D eigenvalue weighted by Crippen LogP contribution is 2.45. The SMILES string of the molecule is CCc1ccc(-c2c3ccccc3c(-c3ccc(-c4ccc(-c5ccc6ccccc6c5)nc4)cc3)c3ccccc23)c2ccccc12. The summed E-state index contributed by atoms with van der Waals surface area (Å²) in [4.78, 5) is 4.87. The molecule has 0 aliphatic carbocycles. The van der Waals surface area contributed by atoms with Crippen molar-refractivity contribution in [2.75, 3.05) is 0 Å². The van der Waals surface area contributed by atoms with Gasteiger partial charge in [-0.25, -0.2) is 0 Å². The maximum Gasteiger partial charge on any atom is 0.0702 e. The highest BCUT2D eigenvalue weighted by atomic mass is 14.7. The molecule has 226 valence electrons. The van der Waals surface area contributed by atoms with Gasteiger partial charge in [-0.2, -0.15) is 0 Å². The van der Waals surface area contributed by atoms with Gasteiger partial charge in [0.15, 0.2) is 0 Å². The Morgan fingerprint density at radius 2 is 0.938 bits per heavy atom. The van der Waals surface area contributed by atoms with Gasteiger partial charge in [0.2, 0.25) is 0 Å². The molecule has 0 amide bonds. The van der Waals surface area contributed by atoms with Crippen molar-refractivity contribution in [2.45, 2.75) is 13.3 Å². The van der Waals surface area contributed by atoms with E-state index < -0.39 is 0 Å². The molecular formula is C47H33N. The smallest absolute Gasteiger partial charge is 0.0702 e. The predicted molar refractivity (Wildman–Crippen MR) is 205 cm³/mol. The lowest BCUT2D eigenvalue weighted by atomic mass is 9.84. The van der Waals surface area contributed by atoms with E-state index in [1.165, 1.54) is 70.9 Å². The van der Waals surface area contributed by atoms with Crippen molar-refractivity contribution in [3.05, 3.63) is 176 Å². The maximum absolute atomic E-state index is 4.87. The highest BCUT2D eigenvalue weighted by molar-refractivity contribution is 6.23. The largest absolute Gasteiger partial charge is 0.256 e. The van der Waals surface area contributed by atoms with Crippen LogP contribution in [0.5, 0.6) is 0 Å². The van der Waals surface area contributed by atoms with Gasteiger partial charge in [-0.1, -0.05) is 159 Å². The van der Waals surface area contributed by atoms with Crippen molar-refractivity contribution in [3.8, 4) is 44.6 Å². The first-order valence-corrected chi connectivity index (χ1v) is 16.8. The lowest BCUT2D eigenvalue weighted by Crippen LogP contribution is -1.93. The van der Waals surface area contributed by atoms with Gasteiger partial charge >= 0.3 is 0 Å². The Morgan fingerprint density at radius 3 is 1.58 bits per heavy atom. The molecule has 8 aromatic carbocycles. The van der Waals surface area contributed by atoms with Crippen molar-refractivity contribution >= 4 is 43.1 Å². The van der Waals surface area contributed by atoms with Crippen LogP contribution in [0.25, 0.3) is 87.7 Å². The summed E-state index contributed by atoms with van der Waals surface area (Å²) in [6.07, 6.45) is 3.01. The number of aromatic nitrogens is 1. The van der Waals surface area contributed by atoms with E-state index in [9.17, 15) is 0 Å². The molecule has 0 radical (unpaired) electrons. The highest BCUT2D eigenvalue weighted by Gasteiger charge is 2.18. The van der Waals surface area contributed by atoms with Crippen LogP contribution in [-0.4, -0.2) is 4.98 Å². The first kappa shape index (κ1) is 28.2. The number of nitrogens with zero attached hydrogens (tertiary/aromatic N) is 1. The van der Waals surface area contributed by atoms with E-state index in [-0.39, 0.29) is 0 Å². The summed E-state index contributed by atoms with van der Waals surface area (Å²) in [6.45, 7) is 2.24. The summed E-state index contributed by atoms with van der Waals surface area (Å²) >= 11 is 0. The summed E-state index contributed by atoms with van der Waals surface area (Å²) < 4.78 is 0. The minimum atomic E-state index is 0.983. The molecule has 9 rings (SSSR count). The van der Waals surface area contributed by atoms with Gasteiger partial charge < -0.3 is 0 Å². The number of aryl methyl sites for hydroxylation is 1. The first-order valence-electron chi connectivity index (χ1n) is 16.8. The standard InChI is InChI=1S/C47H33N/c1-2-31-25-27-44(39-14-6-5-13-38(31)39)47-42-17-9-7-15-40(42)46(41-16-8-10-18-43(41)47)34-22-19-33(20-23-34)37-26-28-45(48-30-37)36-24-21-32-11-3-4-12-35(32)29-36/h3-30H,2H2,1H3. The third-order valence-electron chi connectivity index (χ3n) is 9.91. The van der Waals surface area contributed by atoms with E-state index in [2.05, 4.69) is 171 Å². The van der Waals surface area contributed by atoms with Crippen LogP contribution in [0, 0.1) is 0 Å². The number of fused-ring (bicyclic) bond motifs is 4. The second-order valence-corrected chi connectivity index (χ2v) is 12.6. The second kappa shape index (κ2) is 11.6. The van der Waals surface area contributed by atoms with Crippen molar-refractivity contribution in [1.82, 2.24) is 4.98 Å². The normalized spacial score (nSPS) is 11.5. The molecule has 0 fully saturated rings. The third-order valence-corrected chi connectivity index (χ3v) is 9.91. The van der Waals surface area contributed by atoms with Crippen LogP contribution in [-0.2, 0) is 6.42 Å². The third kappa shape index (κ3) is 4.67. The quantitative estimate of drug-likeness (QED) is 0.176. The predicted octanol–water partition coefficient (Wildman–Crippen LogP) is 12.9. The van der Waals surface area contributed by atoms with E-state index in [0.717, 1.165) is 28.8 Å². The van der Waals surface area contributed by atoms with Crippen molar-refractivity contribution in [2.24, 2.45) is 0 Å². The lowest BCUT2D eigenvalue weighted by Gasteiger charge is -2.19. The van der Waals surface area contributed by atoms with Crippen molar-refractivity contribution in [1.29, 1.82) is 0 Å². The average molecular weight is 612 g/mol. The molecule has 48 heavy (non-hydrogen) atoms. The van der Waals surface area contributed by atoms with Gasteiger partial charge in [-0.05, 0) is 95.0 Å². The van der Waals surface area contributed by atoms with Crippen LogP contribution in [0.2, 0.25) is 0 Å². The number of hydrogen-bond acceptors (Lipinski definition) is 1. The van der Waals surface area contributed by atoms with E-state index in [1.807, 2.05) is 6.20 Å². The minimum Gasteiger partial charge on any atom is -0.256 e. The minimum absolute atomic E-state index is 0.983. The Hall–Kier alpha value is -6.05. The molecule has 9 aromatic rings. The molecular weight excluding hydrogens is 579 g/mol. The monoisotopic (exact) mass is 611 g/mol. The Labute approximate surface area is 280 Å². The zero-order chi connectivity index (χ0) is 32.0. The zero-order valence-corrected chi connectivity index (χ0v) is 26.8. The Balaban J connectivity index is 1.15. The molecule has 0 aliphatic heterocycles. The van der Waals surface area contributed by atoms with E-state index in [4.69, 9.17) is 4.98 Å². The van der Waals surface area contributed by atoms with Gasteiger partial charge in [0.25, 0.3) is 0 Å². The van der Waals surface area contributed by atoms with Crippen molar-refractivity contribution in [3.63, 3.8) is 0 Å². The summed E-state index contributed by atoms with van der Waals surface area (Å²) in [6, 6.07) is 59.7. The molecule has 0 saturated heterocycles. The number of hydrogen-bond donors (Lipinski definition) is 0.